The van der Waals surface area contributed by atoms with Gasteiger partial charge >= 0.3 is 0 Å². The Kier molecular flexibility index (Phi) is 2.76. The number of nitrogens with one attached hydrogen (secondary N) is 1. The second-order valence-corrected chi connectivity index (χ2v) is 6.42. The fourth-order valence-corrected chi connectivity index (χ4v) is 2.56. The molecule has 1 aromatic carbocycles. The SMILES string of the molecule is CCS(=O)(=O)Cc1cc2cc(C)ccc2[nH]1. The van der Waals surface area contributed by atoms with Crippen molar-refractivity contribution in [1.29, 1.82) is 0 Å². The zero-order chi connectivity index (χ0) is 11.8. The molecule has 0 spiro atoms. The minimum Gasteiger partial charge on any atom is -0.358 e. The highest BCUT2D eigenvalue weighted by Crippen LogP contribution is 2.18. The molecule has 16 heavy (non-hydrogen) atoms. The van der Waals surface area contributed by atoms with Crippen molar-refractivity contribution in [3.63, 3.8) is 0 Å². The Morgan fingerprint density at radius 3 is 2.69 bits per heavy atom. The number of aryl methyl sites for hydroxylation is 1. The first-order valence-electron chi connectivity index (χ1n) is 5.29. The van der Waals surface area contributed by atoms with Crippen molar-refractivity contribution in [2.45, 2.75) is 19.6 Å². The third kappa shape index (κ3) is 2.27. The van der Waals surface area contributed by atoms with Crippen molar-refractivity contribution in [3.8, 4) is 0 Å². The van der Waals surface area contributed by atoms with Crippen molar-refractivity contribution in [2.75, 3.05) is 5.75 Å². The fourth-order valence-electron chi connectivity index (χ4n) is 1.73. The first kappa shape index (κ1) is 11.2. The van der Waals surface area contributed by atoms with E-state index in [0.717, 1.165) is 16.6 Å². The Hall–Kier alpha value is -1.29. The van der Waals surface area contributed by atoms with Gasteiger partial charge in [0.1, 0.15) is 0 Å². The van der Waals surface area contributed by atoms with Gasteiger partial charge in [-0.2, -0.15) is 0 Å². The van der Waals surface area contributed by atoms with Crippen LogP contribution in [-0.4, -0.2) is 19.2 Å². The molecular formula is C12H15NO2S. The van der Waals surface area contributed by atoms with Gasteiger partial charge in [-0.05, 0) is 30.5 Å². The quantitative estimate of drug-likeness (QED) is 0.891. The Balaban J connectivity index is 2.40. The van der Waals surface area contributed by atoms with Crippen LogP contribution >= 0.6 is 0 Å². The lowest BCUT2D eigenvalue weighted by molar-refractivity contribution is 0.596. The van der Waals surface area contributed by atoms with Crippen LogP contribution in [0.2, 0.25) is 0 Å². The molecule has 1 aromatic heterocycles. The zero-order valence-corrected chi connectivity index (χ0v) is 10.3. The minimum absolute atomic E-state index is 0.0945. The summed E-state index contributed by atoms with van der Waals surface area (Å²) in [7, 11) is -2.96. The number of fused-ring (bicyclic) bond motifs is 1. The van der Waals surface area contributed by atoms with E-state index in [1.807, 2.05) is 31.2 Å². The maximum atomic E-state index is 11.5. The fraction of sp³-hybridized carbons (Fsp3) is 0.333. The molecule has 0 fully saturated rings. The van der Waals surface area contributed by atoms with Crippen molar-refractivity contribution in [3.05, 3.63) is 35.5 Å². The molecule has 1 heterocycles. The Morgan fingerprint density at radius 2 is 2.00 bits per heavy atom. The summed E-state index contributed by atoms with van der Waals surface area (Å²) in [5, 5.41) is 1.07. The van der Waals surface area contributed by atoms with E-state index in [9.17, 15) is 8.42 Å². The third-order valence-electron chi connectivity index (χ3n) is 2.65. The number of aromatic nitrogens is 1. The maximum Gasteiger partial charge on any atom is 0.155 e. The van der Waals surface area contributed by atoms with Crippen LogP contribution in [-0.2, 0) is 15.6 Å². The molecule has 0 atom stereocenters. The summed E-state index contributed by atoms with van der Waals surface area (Å²) in [5.74, 6) is 0.276. The second-order valence-electron chi connectivity index (χ2n) is 4.06. The highest BCUT2D eigenvalue weighted by Gasteiger charge is 2.10. The van der Waals surface area contributed by atoms with Crippen LogP contribution in [0.25, 0.3) is 10.9 Å². The topological polar surface area (TPSA) is 49.9 Å². The van der Waals surface area contributed by atoms with E-state index in [2.05, 4.69) is 4.98 Å². The van der Waals surface area contributed by atoms with Gasteiger partial charge in [-0.3, -0.25) is 0 Å². The average molecular weight is 237 g/mol. The molecule has 0 radical (unpaired) electrons. The highest BCUT2D eigenvalue weighted by atomic mass is 32.2. The highest BCUT2D eigenvalue weighted by molar-refractivity contribution is 7.90. The largest absolute Gasteiger partial charge is 0.358 e. The first-order chi connectivity index (χ1) is 7.50. The summed E-state index contributed by atoms with van der Waals surface area (Å²) >= 11 is 0. The molecule has 2 aromatic rings. The zero-order valence-electron chi connectivity index (χ0n) is 9.45. The van der Waals surface area contributed by atoms with Crippen LogP contribution < -0.4 is 0 Å². The Morgan fingerprint density at radius 1 is 1.25 bits per heavy atom. The molecule has 0 amide bonds. The van der Waals surface area contributed by atoms with Crippen LogP contribution in [0, 0.1) is 6.92 Å². The smallest absolute Gasteiger partial charge is 0.155 e. The molecule has 4 heteroatoms. The van der Waals surface area contributed by atoms with E-state index >= 15 is 0 Å². The van der Waals surface area contributed by atoms with E-state index < -0.39 is 9.84 Å². The van der Waals surface area contributed by atoms with Crippen LogP contribution in [0.4, 0.5) is 0 Å². The number of sulfone groups is 1. The number of benzene rings is 1. The lowest BCUT2D eigenvalue weighted by Gasteiger charge is -1.97. The molecule has 0 saturated heterocycles. The van der Waals surface area contributed by atoms with E-state index in [1.165, 1.54) is 5.56 Å². The van der Waals surface area contributed by atoms with Gasteiger partial charge in [0.2, 0.25) is 0 Å². The predicted octanol–water partition coefficient (Wildman–Crippen LogP) is 2.41. The first-order valence-corrected chi connectivity index (χ1v) is 7.11. The standard InChI is InChI=1S/C12H15NO2S/c1-3-16(14,15)8-11-7-10-6-9(2)4-5-12(10)13-11/h4-7,13H,3,8H2,1-2H3. The number of hydrogen-bond donors (Lipinski definition) is 1. The minimum atomic E-state index is -2.96. The maximum absolute atomic E-state index is 11.5. The molecule has 1 N–H and O–H groups in total. The van der Waals surface area contributed by atoms with Gasteiger partial charge in [0.25, 0.3) is 0 Å². The van der Waals surface area contributed by atoms with Crippen LogP contribution in [0.1, 0.15) is 18.2 Å². The van der Waals surface area contributed by atoms with Gasteiger partial charge in [0, 0.05) is 17.0 Å². The van der Waals surface area contributed by atoms with Crippen molar-refractivity contribution >= 4 is 20.7 Å². The number of hydrogen-bond acceptors (Lipinski definition) is 2. The van der Waals surface area contributed by atoms with Gasteiger partial charge in [-0.25, -0.2) is 8.42 Å². The van der Waals surface area contributed by atoms with Crippen LogP contribution in [0.3, 0.4) is 0 Å². The Labute approximate surface area is 95.4 Å². The summed E-state index contributed by atoms with van der Waals surface area (Å²) in [6, 6.07) is 7.95. The molecule has 0 aliphatic rings. The lowest BCUT2D eigenvalue weighted by atomic mass is 10.2. The molecule has 0 saturated carbocycles. The summed E-state index contributed by atoms with van der Waals surface area (Å²) in [4.78, 5) is 3.13. The predicted molar refractivity (Wildman–Crippen MR) is 66.2 cm³/mol. The molecule has 0 unspecified atom stereocenters. The summed E-state index contributed by atoms with van der Waals surface area (Å²) in [6.07, 6.45) is 0. The molecule has 0 aliphatic heterocycles. The van der Waals surface area contributed by atoms with E-state index in [-0.39, 0.29) is 11.5 Å². The van der Waals surface area contributed by atoms with Crippen LogP contribution in [0.5, 0.6) is 0 Å². The summed E-state index contributed by atoms with van der Waals surface area (Å²) < 4.78 is 23.0. The second kappa shape index (κ2) is 3.94. The van der Waals surface area contributed by atoms with E-state index in [4.69, 9.17) is 0 Å². The monoisotopic (exact) mass is 237 g/mol. The van der Waals surface area contributed by atoms with Gasteiger partial charge in [0.15, 0.2) is 9.84 Å². The van der Waals surface area contributed by atoms with Gasteiger partial charge in [-0.15, -0.1) is 0 Å². The molecule has 0 bridgehead atoms. The molecule has 0 aliphatic carbocycles. The number of rotatable bonds is 3. The normalized spacial score (nSPS) is 12.1. The molecule has 3 nitrogen and oxygen atoms in total. The average Bonchev–Trinajstić information content (AvgIpc) is 2.58. The van der Waals surface area contributed by atoms with Gasteiger partial charge in [0.05, 0.1) is 5.75 Å². The van der Waals surface area contributed by atoms with Gasteiger partial charge in [-0.1, -0.05) is 18.6 Å². The van der Waals surface area contributed by atoms with E-state index in [0.29, 0.717) is 0 Å². The van der Waals surface area contributed by atoms with Crippen molar-refractivity contribution < 1.29 is 8.42 Å². The summed E-state index contributed by atoms with van der Waals surface area (Å²) in [5.41, 5.74) is 2.94. The number of H-pyrrole nitrogens is 1. The third-order valence-corrected chi connectivity index (χ3v) is 4.28. The van der Waals surface area contributed by atoms with Crippen LogP contribution in [0.15, 0.2) is 24.3 Å². The Bertz CT molecular complexity index is 611. The molecule has 86 valence electrons. The van der Waals surface area contributed by atoms with Crippen molar-refractivity contribution in [1.82, 2.24) is 4.98 Å². The van der Waals surface area contributed by atoms with Crippen molar-refractivity contribution in [2.24, 2.45) is 0 Å². The summed E-state index contributed by atoms with van der Waals surface area (Å²) in [6.45, 7) is 3.69. The van der Waals surface area contributed by atoms with E-state index in [1.54, 1.807) is 6.92 Å². The van der Waals surface area contributed by atoms with Gasteiger partial charge < -0.3 is 4.98 Å². The molecular weight excluding hydrogens is 222 g/mol. The number of aromatic amines is 1. The molecule has 2 rings (SSSR count). The lowest BCUT2D eigenvalue weighted by Crippen LogP contribution is -2.06.